The Morgan fingerprint density at radius 3 is 2.25 bits per heavy atom. The summed E-state index contributed by atoms with van der Waals surface area (Å²) >= 11 is 0. The number of hydrogen-bond donors (Lipinski definition) is 1. The van der Waals surface area contributed by atoms with Crippen LogP contribution in [-0.2, 0) is 16.1 Å². The molecule has 0 atom stereocenters. The second-order valence-electron chi connectivity index (χ2n) is 6.48. The Labute approximate surface area is 157 Å². The molecule has 2 amide bonds. The van der Waals surface area contributed by atoms with Crippen LogP contribution in [0.3, 0.4) is 0 Å². The highest BCUT2D eigenvalue weighted by atomic mass is 19.3. The van der Waals surface area contributed by atoms with Gasteiger partial charge in [-0.25, -0.2) is 4.79 Å². The lowest BCUT2D eigenvalue weighted by Gasteiger charge is -2.18. The molecule has 1 aliphatic heterocycles. The maximum Gasteiger partial charge on any atom is 0.402 e. The summed E-state index contributed by atoms with van der Waals surface area (Å²) < 4.78 is 29.2. The maximum absolute atomic E-state index is 14.6. The first-order valence-electron chi connectivity index (χ1n) is 8.44. The fourth-order valence-electron chi connectivity index (χ4n) is 3.26. The van der Waals surface area contributed by atoms with E-state index in [9.17, 15) is 23.2 Å². The van der Waals surface area contributed by atoms with E-state index in [-0.39, 0.29) is 21.8 Å². The molecule has 2 aromatic carbocycles. The van der Waals surface area contributed by atoms with Crippen LogP contribution in [0.5, 0.6) is 0 Å². The van der Waals surface area contributed by atoms with Crippen LogP contribution < -0.4 is 0 Å². The molecule has 142 valence electrons. The van der Waals surface area contributed by atoms with Gasteiger partial charge < -0.3 is 9.82 Å². The van der Waals surface area contributed by atoms with Crippen molar-refractivity contribution >= 4 is 28.7 Å². The molecular formula is C20H14F2N2O4. The number of aryl methyl sites for hydroxylation is 1. The summed E-state index contributed by atoms with van der Waals surface area (Å²) in [5.41, 5.74) is 1.42. The minimum absolute atomic E-state index is 0.00362. The summed E-state index contributed by atoms with van der Waals surface area (Å²) in [4.78, 5) is 44.0. The third-order valence-electron chi connectivity index (χ3n) is 4.66. The van der Waals surface area contributed by atoms with Crippen molar-refractivity contribution in [2.24, 2.45) is 0 Å². The van der Waals surface area contributed by atoms with Crippen molar-refractivity contribution in [3.8, 4) is 0 Å². The van der Waals surface area contributed by atoms with Crippen molar-refractivity contribution < 1.29 is 28.0 Å². The van der Waals surface area contributed by atoms with Gasteiger partial charge in [0.2, 0.25) is 0 Å². The largest absolute Gasteiger partial charge is 0.402 e. The van der Waals surface area contributed by atoms with E-state index < -0.39 is 30.1 Å². The Kier molecular flexibility index (Phi) is 3.99. The molecule has 1 N–H and O–H groups in total. The number of nitrogens with one attached hydrogen (secondary N) is 1. The number of aromatic amines is 1. The van der Waals surface area contributed by atoms with Gasteiger partial charge in [0.1, 0.15) is 0 Å². The fourth-order valence-corrected chi connectivity index (χ4v) is 3.26. The number of amides is 2. The van der Waals surface area contributed by atoms with Crippen LogP contribution in [0.2, 0.25) is 0 Å². The Morgan fingerprint density at radius 2 is 1.61 bits per heavy atom. The van der Waals surface area contributed by atoms with E-state index in [1.165, 1.54) is 24.3 Å². The molecule has 0 spiro atoms. The molecule has 0 fully saturated rings. The monoisotopic (exact) mass is 384 g/mol. The van der Waals surface area contributed by atoms with Crippen LogP contribution in [0.15, 0.2) is 48.5 Å². The van der Waals surface area contributed by atoms with E-state index in [1.807, 2.05) is 0 Å². The van der Waals surface area contributed by atoms with E-state index in [4.69, 9.17) is 0 Å². The molecule has 4 rings (SSSR count). The summed E-state index contributed by atoms with van der Waals surface area (Å²) in [6.45, 7) is 1.63. The van der Waals surface area contributed by atoms with Crippen molar-refractivity contribution in [3.05, 3.63) is 70.9 Å². The van der Waals surface area contributed by atoms with Crippen LogP contribution >= 0.6 is 0 Å². The van der Waals surface area contributed by atoms with Gasteiger partial charge in [-0.15, -0.1) is 0 Å². The predicted octanol–water partition coefficient (Wildman–Crippen LogP) is 3.41. The van der Waals surface area contributed by atoms with Gasteiger partial charge in [-0.05, 0) is 30.7 Å². The molecule has 0 aliphatic carbocycles. The van der Waals surface area contributed by atoms with Gasteiger partial charge in [0.25, 0.3) is 11.8 Å². The van der Waals surface area contributed by atoms with Crippen LogP contribution in [-0.4, -0.2) is 33.8 Å². The van der Waals surface area contributed by atoms with E-state index >= 15 is 0 Å². The highest BCUT2D eigenvalue weighted by molar-refractivity contribution is 6.21. The summed E-state index contributed by atoms with van der Waals surface area (Å²) in [5, 5.41) is 0.649. The standard InChI is InChI=1S/C20H14F2N2O4/c1-11-15(12-6-4-5-9-16(12)23-11)10-20(21,22)19(27)28-24-17(25)13-7-2-3-8-14(13)18(24)26/h2-9,23H,10H2,1H3. The number of benzene rings is 2. The molecule has 3 aromatic rings. The minimum Gasteiger partial charge on any atom is -0.358 e. The first-order valence-corrected chi connectivity index (χ1v) is 8.44. The van der Waals surface area contributed by atoms with Crippen LogP contribution in [0.1, 0.15) is 32.0 Å². The summed E-state index contributed by atoms with van der Waals surface area (Å²) in [6.07, 6.45) is -0.926. The topological polar surface area (TPSA) is 79.5 Å². The van der Waals surface area contributed by atoms with Crippen LogP contribution in [0.4, 0.5) is 8.78 Å². The number of hydrogen-bond acceptors (Lipinski definition) is 4. The number of halogens is 2. The summed E-state index contributed by atoms with van der Waals surface area (Å²) in [6, 6.07) is 12.6. The van der Waals surface area contributed by atoms with Crippen molar-refractivity contribution in [2.75, 3.05) is 0 Å². The third kappa shape index (κ3) is 2.74. The van der Waals surface area contributed by atoms with Crippen LogP contribution in [0, 0.1) is 6.92 Å². The molecule has 0 saturated carbocycles. The van der Waals surface area contributed by atoms with E-state index in [2.05, 4.69) is 9.82 Å². The average molecular weight is 384 g/mol. The second-order valence-corrected chi connectivity index (χ2v) is 6.48. The molecule has 2 heterocycles. The SMILES string of the molecule is Cc1[nH]c2ccccc2c1CC(F)(F)C(=O)ON1C(=O)c2ccccc2C1=O. The van der Waals surface area contributed by atoms with Gasteiger partial charge in [-0.1, -0.05) is 35.4 Å². The van der Waals surface area contributed by atoms with Crippen molar-refractivity contribution in [3.63, 3.8) is 0 Å². The van der Waals surface area contributed by atoms with Crippen LogP contribution in [0.25, 0.3) is 10.9 Å². The number of nitrogens with zero attached hydrogens (tertiary/aromatic N) is 1. The zero-order chi connectivity index (χ0) is 20.1. The number of hydroxylamine groups is 2. The number of aromatic nitrogens is 1. The Bertz CT molecular complexity index is 1100. The fraction of sp³-hybridized carbons (Fsp3) is 0.150. The lowest BCUT2D eigenvalue weighted by molar-refractivity contribution is -0.196. The molecule has 1 aromatic heterocycles. The van der Waals surface area contributed by atoms with Gasteiger partial charge in [0, 0.05) is 16.6 Å². The number of carbonyl (C=O) groups is 3. The zero-order valence-electron chi connectivity index (χ0n) is 14.7. The molecule has 0 bridgehead atoms. The summed E-state index contributed by atoms with van der Waals surface area (Å²) in [7, 11) is 0. The summed E-state index contributed by atoms with van der Waals surface area (Å²) in [5.74, 6) is -7.81. The minimum atomic E-state index is -3.94. The Hall–Kier alpha value is -3.55. The van der Waals surface area contributed by atoms with E-state index in [1.54, 1.807) is 31.2 Å². The number of para-hydroxylation sites is 1. The maximum atomic E-state index is 14.6. The normalized spacial score (nSPS) is 13.9. The molecule has 0 saturated heterocycles. The number of H-pyrrole nitrogens is 1. The molecular weight excluding hydrogens is 370 g/mol. The quantitative estimate of drug-likeness (QED) is 0.699. The van der Waals surface area contributed by atoms with Gasteiger partial charge in [-0.3, -0.25) is 9.59 Å². The molecule has 8 heteroatoms. The van der Waals surface area contributed by atoms with Gasteiger partial charge >= 0.3 is 11.9 Å². The smallest absolute Gasteiger partial charge is 0.358 e. The molecule has 0 radical (unpaired) electrons. The molecule has 6 nitrogen and oxygen atoms in total. The lowest BCUT2D eigenvalue weighted by atomic mass is 10.0. The second kappa shape index (κ2) is 6.26. The highest BCUT2D eigenvalue weighted by Gasteiger charge is 2.47. The van der Waals surface area contributed by atoms with Crippen molar-refractivity contribution in [1.29, 1.82) is 0 Å². The number of imide groups is 1. The average Bonchev–Trinajstić information content (AvgIpc) is 3.11. The third-order valence-corrected chi connectivity index (χ3v) is 4.66. The Morgan fingerprint density at radius 1 is 1.04 bits per heavy atom. The van der Waals surface area contributed by atoms with E-state index in [0.717, 1.165) is 0 Å². The Balaban J connectivity index is 1.57. The van der Waals surface area contributed by atoms with Gasteiger partial charge in [-0.2, -0.15) is 8.78 Å². The zero-order valence-corrected chi connectivity index (χ0v) is 14.7. The number of carbonyl (C=O) groups excluding carboxylic acids is 3. The first-order chi connectivity index (χ1) is 13.3. The van der Waals surface area contributed by atoms with E-state index in [0.29, 0.717) is 16.6 Å². The van der Waals surface area contributed by atoms with Crippen molar-refractivity contribution in [1.82, 2.24) is 10.0 Å². The molecule has 28 heavy (non-hydrogen) atoms. The van der Waals surface area contributed by atoms with Gasteiger partial charge in [0.05, 0.1) is 17.5 Å². The van der Waals surface area contributed by atoms with Crippen molar-refractivity contribution in [2.45, 2.75) is 19.3 Å². The number of fused-ring (bicyclic) bond motifs is 2. The predicted molar refractivity (Wildman–Crippen MR) is 94.7 cm³/mol. The molecule has 0 unspecified atom stereocenters. The lowest BCUT2D eigenvalue weighted by Crippen LogP contribution is -2.41. The van der Waals surface area contributed by atoms with Gasteiger partial charge in [0.15, 0.2) is 0 Å². The number of alkyl halides is 2. The first kappa shape index (κ1) is 17.8. The number of rotatable bonds is 4. The highest BCUT2D eigenvalue weighted by Crippen LogP contribution is 2.31. The molecule has 1 aliphatic rings.